The van der Waals surface area contributed by atoms with E-state index < -0.39 is 23.7 Å². The minimum Gasteiger partial charge on any atom is -0.490 e. The summed E-state index contributed by atoms with van der Waals surface area (Å²) >= 11 is 0.787. The van der Waals surface area contributed by atoms with Gasteiger partial charge in [0.15, 0.2) is 11.5 Å². The molecule has 0 aromatic heterocycles. The molecular weight excluding hydrogens is 466 g/mol. The van der Waals surface area contributed by atoms with E-state index in [9.17, 15) is 14.4 Å². The zero-order valence-corrected chi connectivity index (χ0v) is 21.0. The molecule has 35 heavy (non-hydrogen) atoms. The maximum absolute atomic E-state index is 12.8. The zero-order chi connectivity index (χ0) is 25.4. The molecule has 0 saturated carbocycles. The average molecular weight is 496 g/mol. The second kappa shape index (κ2) is 12.3. The minimum absolute atomic E-state index is 0.176. The van der Waals surface area contributed by atoms with Crippen LogP contribution in [0.25, 0.3) is 6.08 Å². The van der Waals surface area contributed by atoms with Crippen molar-refractivity contribution in [3.63, 3.8) is 0 Å². The van der Waals surface area contributed by atoms with Crippen molar-refractivity contribution in [3.8, 4) is 11.5 Å². The Morgan fingerprint density at radius 3 is 2.49 bits per heavy atom. The van der Waals surface area contributed by atoms with Crippen molar-refractivity contribution < 1.29 is 28.6 Å². The van der Waals surface area contributed by atoms with Crippen molar-refractivity contribution in [2.24, 2.45) is 0 Å². The normalized spacial score (nSPS) is 14.4. The molecule has 0 unspecified atom stereocenters. The number of nitrogens with zero attached hydrogens (tertiary/aromatic N) is 1. The lowest BCUT2D eigenvalue weighted by Crippen LogP contribution is -2.34. The highest BCUT2D eigenvalue weighted by Gasteiger charge is 2.36. The van der Waals surface area contributed by atoms with Crippen LogP contribution in [0.3, 0.4) is 0 Å². The molecule has 2 amide bonds. The number of aryl methyl sites for hydroxylation is 1. The number of carbonyl (C=O) groups is 3. The van der Waals surface area contributed by atoms with E-state index in [4.69, 9.17) is 14.2 Å². The number of allylic oxidation sites excluding steroid dienone is 1. The molecule has 184 valence electrons. The number of benzene rings is 2. The van der Waals surface area contributed by atoms with Gasteiger partial charge in [0.25, 0.3) is 11.1 Å². The van der Waals surface area contributed by atoms with E-state index in [1.165, 1.54) is 5.56 Å². The second-order valence-corrected chi connectivity index (χ2v) is 8.77. The maximum atomic E-state index is 12.8. The first-order valence-electron chi connectivity index (χ1n) is 11.4. The fraction of sp³-hybridized carbons (Fsp3) is 0.296. The molecule has 1 aliphatic rings. The van der Waals surface area contributed by atoms with Crippen molar-refractivity contribution >= 4 is 35.0 Å². The van der Waals surface area contributed by atoms with Crippen LogP contribution in [0.15, 0.2) is 54.0 Å². The molecule has 8 heteroatoms. The monoisotopic (exact) mass is 495 g/mol. The number of ether oxygens (including phenoxy) is 3. The molecular formula is C27H29NO6S. The van der Waals surface area contributed by atoms with Gasteiger partial charge in [0.1, 0.15) is 13.2 Å². The molecule has 0 N–H and O–H groups in total. The lowest BCUT2D eigenvalue weighted by molar-refractivity contribution is -0.145. The van der Waals surface area contributed by atoms with E-state index in [1.807, 2.05) is 44.2 Å². The second-order valence-electron chi connectivity index (χ2n) is 7.78. The smallest absolute Gasteiger partial charge is 0.326 e. The molecule has 0 radical (unpaired) electrons. The number of hydrogen-bond acceptors (Lipinski definition) is 7. The van der Waals surface area contributed by atoms with E-state index in [0.29, 0.717) is 36.7 Å². The first kappa shape index (κ1) is 26.1. The number of amides is 2. The van der Waals surface area contributed by atoms with Gasteiger partial charge in [-0.3, -0.25) is 19.3 Å². The van der Waals surface area contributed by atoms with Crippen LogP contribution in [-0.4, -0.2) is 41.8 Å². The van der Waals surface area contributed by atoms with Crippen LogP contribution in [0.4, 0.5) is 4.79 Å². The average Bonchev–Trinajstić information content (AvgIpc) is 3.07. The Hall–Kier alpha value is -3.52. The molecule has 0 spiro atoms. The Labute approximate surface area is 209 Å². The van der Waals surface area contributed by atoms with E-state index in [0.717, 1.165) is 27.8 Å². The van der Waals surface area contributed by atoms with Crippen molar-refractivity contribution in [2.75, 3.05) is 19.8 Å². The van der Waals surface area contributed by atoms with Gasteiger partial charge in [-0.25, -0.2) is 0 Å². The standard InChI is InChI=1S/C27H29NO6S/c1-5-8-21-13-20(15-23-26(30)28(27(31)35-23)16-24(29)33-7-3)14-22(32-6-2)25(21)34-17-19-11-9-18(4)10-12-19/h5,9-15H,1,6-8,16-17H2,2-4H3/b23-15+. The van der Waals surface area contributed by atoms with Crippen molar-refractivity contribution in [2.45, 2.75) is 33.8 Å². The highest BCUT2D eigenvalue weighted by atomic mass is 32.2. The molecule has 0 atom stereocenters. The summed E-state index contributed by atoms with van der Waals surface area (Å²) in [5.74, 6) is -0.00938. The summed E-state index contributed by atoms with van der Waals surface area (Å²) in [4.78, 5) is 38.0. The summed E-state index contributed by atoms with van der Waals surface area (Å²) < 4.78 is 16.9. The molecule has 0 aliphatic carbocycles. The summed E-state index contributed by atoms with van der Waals surface area (Å²) in [6.45, 7) is 9.98. The summed E-state index contributed by atoms with van der Waals surface area (Å²) in [7, 11) is 0. The topological polar surface area (TPSA) is 82.1 Å². The molecule has 3 rings (SSSR count). The molecule has 7 nitrogen and oxygen atoms in total. The van der Waals surface area contributed by atoms with Gasteiger partial charge < -0.3 is 14.2 Å². The fourth-order valence-electron chi connectivity index (χ4n) is 3.46. The lowest BCUT2D eigenvalue weighted by atomic mass is 10.0. The Morgan fingerprint density at radius 2 is 1.83 bits per heavy atom. The van der Waals surface area contributed by atoms with Crippen LogP contribution in [0.5, 0.6) is 11.5 Å². The third-order valence-corrected chi connectivity index (χ3v) is 5.99. The summed E-state index contributed by atoms with van der Waals surface area (Å²) in [6.07, 6.45) is 3.91. The number of hydrogen-bond donors (Lipinski definition) is 0. The van der Waals surface area contributed by atoms with E-state index in [2.05, 4.69) is 6.58 Å². The number of esters is 1. The predicted octanol–water partition coefficient (Wildman–Crippen LogP) is 5.30. The first-order chi connectivity index (χ1) is 16.9. The number of thioether (sulfide) groups is 1. The molecule has 1 heterocycles. The van der Waals surface area contributed by atoms with Gasteiger partial charge in [0, 0.05) is 5.56 Å². The van der Waals surface area contributed by atoms with Gasteiger partial charge >= 0.3 is 5.97 Å². The van der Waals surface area contributed by atoms with E-state index in [-0.39, 0.29) is 11.5 Å². The van der Waals surface area contributed by atoms with Gasteiger partial charge in [-0.15, -0.1) is 6.58 Å². The third-order valence-electron chi connectivity index (χ3n) is 5.09. The van der Waals surface area contributed by atoms with Crippen LogP contribution in [0, 0.1) is 6.92 Å². The van der Waals surface area contributed by atoms with Crippen LogP contribution in [-0.2, 0) is 27.4 Å². The molecule has 2 aromatic rings. The van der Waals surface area contributed by atoms with Gasteiger partial charge in [-0.05, 0) is 68.3 Å². The highest BCUT2D eigenvalue weighted by molar-refractivity contribution is 8.18. The Bertz CT molecular complexity index is 1140. The van der Waals surface area contributed by atoms with Gasteiger partial charge in [-0.2, -0.15) is 0 Å². The van der Waals surface area contributed by atoms with E-state index in [1.54, 1.807) is 25.1 Å². The Morgan fingerprint density at radius 1 is 1.09 bits per heavy atom. The fourth-order valence-corrected chi connectivity index (χ4v) is 4.30. The minimum atomic E-state index is -0.627. The third kappa shape index (κ3) is 6.76. The lowest BCUT2D eigenvalue weighted by Gasteiger charge is -2.17. The number of imide groups is 1. The number of carbonyl (C=O) groups excluding carboxylic acids is 3. The van der Waals surface area contributed by atoms with Gasteiger partial charge in [0.2, 0.25) is 0 Å². The maximum Gasteiger partial charge on any atom is 0.326 e. The van der Waals surface area contributed by atoms with Gasteiger partial charge in [-0.1, -0.05) is 35.9 Å². The first-order valence-corrected chi connectivity index (χ1v) is 12.2. The predicted molar refractivity (Wildman–Crippen MR) is 136 cm³/mol. The van der Waals surface area contributed by atoms with Crippen molar-refractivity contribution in [1.82, 2.24) is 4.90 Å². The Balaban J connectivity index is 1.89. The van der Waals surface area contributed by atoms with Crippen LogP contribution >= 0.6 is 11.8 Å². The van der Waals surface area contributed by atoms with Crippen LogP contribution < -0.4 is 9.47 Å². The highest BCUT2D eigenvalue weighted by Crippen LogP contribution is 2.37. The van der Waals surface area contributed by atoms with Crippen LogP contribution in [0.2, 0.25) is 0 Å². The molecule has 0 bridgehead atoms. The summed E-state index contributed by atoms with van der Waals surface area (Å²) in [5, 5.41) is -0.510. The van der Waals surface area contributed by atoms with Crippen molar-refractivity contribution in [1.29, 1.82) is 0 Å². The van der Waals surface area contributed by atoms with E-state index >= 15 is 0 Å². The summed E-state index contributed by atoms with van der Waals surface area (Å²) in [5.41, 5.74) is 3.72. The Kier molecular flexibility index (Phi) is 9.14. The zero-order valence-electron chi connectivity index (χ0n) is 20.2. The largest absolute Gasteiger partial charge is 0.490 e. The SMILES string of the molecule is C=CCc1cc(/C=C2/SC(=O)N(CC(=O)OCC)C2=O)cc(OCC)c1OCc1ccc(C)cc1. The van der Waals surface area contributed by atoms with Crippen molar-refractivity contribution in [3.05, 3.63) is 76.2 Å². The molecule has 2 aromatic carbocycles. The summed E-state index contributed by atoms with van der Waals surface area (Å²) in [6, 6.07) is 11.8. The number of rotatable bonds is 11. The molecule has 1 aliphatic heterocycles. The van der Waals surface area contributed by atoms with Crippen LogP contribution in [0.1, 0.15) is 36.1 Å². The molecule has 1 saturated heterocycles. The molecule has 1 fully saturated rings. The van der Waals surface area contributed by atoms with Gasteiger partial charge in [0.05, 0.1) is 18.1 Å². The quantitative estimate of drug-likeness (QED) is 0.238.